The van der Waals surface area contributed by atoms with Crippen LogP contribution < -0.4 is 0 Å². The van der Waals surface area contributed by atoms with Crippen molar-refractivity contribution in [2.24, 2.45) is 11.8 Å². The fourth-order valence-corrected chi connectivity index (χ4v) is 5.54. The molecule has 0 aromatic rings. The van der Waals surface area contributed by atoms with E-state index in [0.717, 1.165) is 12.8 Å². The number of hydrogen-bond donors (Lipinski definition) is 1. The average Bonchev–Trinajstić information content (AvgIpc) is 2.68. The third-order valence-corrected chi connectivity index (χ3v) is 7.03. The SMILES string of the molecule is O=S(=O)(CC1CCCCC1(F)F)N1CCCC(CCO)CC1. The Morgan fingerprint density at radius 1 is 1.09 bits per heavy atom. The van der Waals surface area contributed by atoms with E-state index in [4.69, 9.17) is 5.11 Å². The number of hydrogen-bond acceptors (Lipinski definition) is 3. The van der Waals surface area contributed by atoms with Gasteiger partial charge in [0.25, 0.3) is 5.92 Å². The van der Waals surface area contributed by atoms with E-state index < -0.39 is 27.6 Å². The molecule has 0 aromatic heterocycles. The highest BCUT2D eigenvalue weighted by Gasteiger charge is 2.44. The Morgan fingerprint density at radius 3 is 2.55 bits per heavy atom. The molecule has 1 aliphatic heterocycles. The zero-order chi connectivity index (χ0) is 16.2. The van der Waals surface area contributed by atoms with Crippen molar-refractivity contribution in [2.45, 2.75) is 57.3 Å². The minimum atomic E-state index is -3.62. The lowest BCUT2D eigenvalue weighted by Gasteiger charge is -2.32. The summed E-state index contributed by atoms with van der Waals surface area (Å²) >= 11 is 0. The van der Waals surface area contributed by atoms with Gasteiger partial charge in [0, 0.05) is 32.0 Å². The number of halogens is 2. The van der Waals surface area contributed by atoms with Gasteiger partial charge in [0.15, 0.2) is 0 Å². The van der Waals surface area contributed by atoms with E-state index in [1.54, 1.807) is 0 Å². The first-order chi connectivity index (χ1) is 10.3. The van der Waals surface area contributed by atoms with Crippen LogP contribution in [0.25, 0.3) is 0 Å². The summed E-state index contributed by atoms with van der Waals surface area (Å²) in [6.07, 6.45) is 4.32. The molecular weight excluding hydrogens is 312 g/mol. The minimum Gasteiger partial charge on any atom is -0.396 e. The molecule has 2 fully saturated rings. The topological polar surface area (TPSA) is 57.6 Å². The Kier molecular flexibility index (Phi) is 6.19. The molecule has 0 spiro atoms. The van der Waals surface area contributed by atoms with Gasteiger partial charge in [-0.1, -0.05) is 6.42 Å². The first-order valence-electron chi connectivity index (χ1n) is 8.31. The summed E-state index contributed by atoms with van der Waals surface area (Å²) in [5, 5.41) is 8.99. The van der Waals surface area contributed by atoms with E-state index in [-0.39, 0.29) is 13.0 Å². The van der Waals surface area contributed by atoms with Crippen molar-refractivity contribution in [2.75, 3.05) is 25.4 Å². The number of alkyl halides is 2. The summed E-state index contributed by atoms with van der Waals surface area (Å²) in [5.74, 6) is -3.98. The summed E-state index contributed by atoms with van der Waals surface area (Å²) in [6.45, 7) is 0.930. The number of nitrogens with zero attached hydrogens (tertiary/aromatic N) is 1. The van der Waals surface area contributed by atoms with Gasteiger partial charge in [-0.3, -0.25) is 0 Å². The van der Waals surface area contributed by atoms with Crippen LogP contribution in [-0.4, -0.2) is 49.2 Å². The second-order valence-corrected chi connectivity index (χ2v) is 8.70. The normalized spacial score (nSPS) is 30.9. The predicted octanol–water partition coefficient (Wildman–Crippen LogP) is 2.63. The fraction of sp³-hybridized carbons (Fsp3) is 1.00. The van der Waals surface area contributed by atoms with Crippen LogP contribution in [0.5, 0.6) is 0 Å². The van der Waals surface area contributed by atoms with Gasteiger partial charge >= 0.3 is 0 Å². The van der Waals surface area contributed by atoms with Crippen molar-refractivity contribution in [3.05, 3.63) is 0 Å². The molecule has 0 aromatic carbocycles. The van der Waals surface area contributed by atoms with Gasteiger partial charge in [0.05, 0.1) is 5.75 Å². The van der Waals surface area contributed by atoms with Crippen molar-refractivity contribution >= 4 is 10.0 Å². The van der Waals surface area contributed by atoms with Crippen molar-refractivity contribution in [3.63, 3.8) is 0 Å². The third kappa shape index (κ3) is 4.61. The smallest absolute Gasteiger partial charge is 0.251 e. The molecule has 2 atom stereocenters. The molecule has 1 saturated carbocycles. The zero-order valence-corrected chi connectivity index (χ0v) is 13.8. The van der Waals surface area contributed by atoms with E-state index in [1.807, 2.05) is 0 Å². The highest BCUT2D eigenvalue weighted by Crippen LogP contribution is 2.39. The molecule has 1 saturated heterocycles. The maximum atomic E-state index is 13.9. The highest BCUT2D eigenvalue weighted by atomic mass is 32.2. The monoisotopic (exact) mass is 339 g/mol. The Morgan fingerprint density at radius 2 is 1.86 bits per heavy atom. The predicted molar refractivity (Wildman–Crippen MR) is 81.3 cm³/mol. The van der Waals surface area contributed by atoms with Crippen molar-refractivity contribution in [1.29, 1.82) is 0 Å². The van der Waals surface area contributed by atoms with Crippen LogP contribution in [0.1, 0.15) is 51.4 Å². The molecule has 2 rings (SSSR count). The highest BCUT2D eigenvalue weighted by molar-refractivity contribution is 7.89. The van der Waals surface area contributed by atoms with Crippen LogP contribution >= 0.6 is 0 Å². The Hall–Kier alpha value is -0.270. The van der Waals surface area contributed by atoms with Crippen molar-refractivity contribution in [3.8, 4) is 0 Å². The largest absolute Gasteiger partial charge is 0.396 e. The van der Waals surface area contributed by atoms with Gasteiger partial charge in [-0.05, 0) is 44.4 Å². The lowest BCUT2D eigenvalue weighted by atomic mass is 9.87. The summed E-state index contributed by atoms with van der Waals surface area (Å²) in [6, 6.07) is 0. The maximum absolute atomic E-state index is 13.9. The summed E-state index contributed by atoms with van der Waals surface area (Å²) < 4.78 is 54.2. The first kappa shape index (κ1) is 18.1. The molecule has 0 radical (unpaired) electrons. The summed E-state index contributed by atoms with van der Waals surface area (Å²) in [7, 11) is -3.62. The van der Waals surface area contributed by atoms with E-state index in [2.05, 4.69) is 0 Å². The van der Waals surface area contributed by atoms with Gasteiger partial charge in [0.2, 0.25) is 10.0 Å². The molecule has 130 valence electrons. The van der Waals surface area contributed by atoms with E-state index in [1.165, 1.54) is 4.31 Å². The summed E-state index contributed by atoms with van der Waals surface area (Å²) in [5.41, 5.74) is 0. The molecule has 4 nitrogen and oxygen atoms in total. The second kappa shape index (κ2) is 7.53. The van der Waals surface area contributed by atoms with E-state index in [0.29, 0.717) is 51.1 Å². The van der Waals surface area contributed by atoms with Crippen LogP contribution in [0, 0.1) is 11.8 Å². The number of aliphatic hydroxyl groups excluding tert-OH is 1. The third-order valence-electron chi connectivity index (χ3n) is 5.06. The van der Waals surface area contributed by atoms with Crippen LogP contribution in [0.2, 0.25) is 0 Å². The molecule has 1 N–H and O–H groups in total. The van der Waals surface area contributed by atoms with Gasteiger partial charge in [-0.15, -0.1) is 0 Å². The lowest BCUT2D eigenvalue weighted by Crippen LogP contribution is -2.42. The Bertz CT molecular complexity index is 456. The quantitative estimate of drug-likeness (QED) is 0.838. The maximum Gasteiger partial charge on any atom is 0.251 e. The fourth-order valence-electron chi connectivity index (χ4n) is 3.62. The molecule has 1 aliphatic carbocycles. The summed E-state index contributed by atoms with van der Waals surface area (Å²) in [4.78, 5) is 0. The number of sulfonamides is 1. The van der Waals surface area contributed by atoms with E-state index in [9.17, 15) is 17.2 Å². The lowest BCUT2D eigenvalue weighted by molar-refractivity contribution is -0.0773. The molecule has 1 heterocycles. The second-order valence-electron chi connectivity index (χ2n) is 6.69. The van der Waals surface area contributed by atoms with Crippen molar-refractivity contribution in [1.82, 2.24) is 4.31 Å². The van der Waals surface area contributed by atoms with Crippen LogP contribution in [0.3, 0.4) is 0 Å². The molecule has 0 bridgehead atoms. The molecule has 2 unspecified atom stereocenters. The van der Waals surface area contributed by atoms with Gasteiger partial charge in [-0.2, -0.15) is 0 Å². The average molecular weight is 339 g/mol. The van der Waals surface area contributed by atoms with Crippen LogP contribution in [0.15, 0.2) is 0 Å². The Labute approximate surface area is 131 Å². The minimum absolute atomic E-state index is 0.117. The molecule has 7 heteroatoms. The van der Waals surface area contributed by atoms with Crippen molar-refractivity contribution < 1.29 is 22.3 Å². The van der Waals surface area contributed by atoms with Crippen LogP contribution in [-0.2, 0) is 10.0 Å². The molecule has 0 amide bonds. The van der Waals surface area contributed by atoms with Crippen LogP contribution in [0.4, 0.5) is 8.78 Å². The number of aliphatic hydroxyl groups is 1. The van der Waals surface area contributed by atoms with Gasteiger partial charge in [0.1, 0.15) is 0 Å². The van der Waals surface area contributed by atoms with E-state index >= 15 is 0 Å². The molecular formula is C15H27F2NO3S. The first-order valence-corrected chi connectivity index (χ1v) is 9.92. The van der Waals surface area contributed by atoms with Gasteiger partial charge < -0.3 is 5.11 Å². The zero-order valence-electron chi connectivity index (χ0n) is 13.0. The van der Waals surface area contributed by atoms with Gasteiger partial charge in [-0.25, -0.2) is 21.5 Å². The molecule has 2 aliphatic rings. The number of rotatable bonds is 5. The Balaban J connectivity index is 1.97. The standard InChI is InChI=1S/C15H27F2NO3S/c16-15(17)8-2-1-5-14(15)12-22(20,21)18-9-3-4-13(6-10-18)7-11-19/h13-14,19H,1-12H2. The molecule has 22 heavy (non-hydrogen) atoms.